The van der Waals surface area contributed by atoms with Crippen LogP contribution < -0.4 is 10.2 Å². The number of hydrogen-bond acceptors (Lipinski definition) is 4. The van der Waals surface area contributed by atoms with Crippen molar-refractivity contribution >= 4 is 23.5 Å². The van der Waals surface area contributed by atoms with E-state index in [1.54, 1.807) is 24.1 Å². The molecule has 1 aliphatic rings. The first-order valence-corrected chi connectivity index (χ1v) is 6.95. The maximum Gasteiger partial charge on any atom is 0.330 e. The molecule has 0 radical (unpaired) electrons. The van der Waals surface area contributed by atoms with E-state index in [-0.39, 0.29) is 18.4 Å². The number of hydrogen-bond donors (Lipinski definition) is 1. The molecular formula is C16H18N2O4. The van der Waals surface area contributed by atoms with Crippen molar-refractivity contribution in [1.29, 1.82) is 0 Å². The summed E-state index contributed by atoms with van der Waals surface area (Å²) in [6.45, 7) is 0.222. The molecule has 1 aliphatic heterocycles. The number of anilines is 1. The van der Waals surface area contributed by atoms with E-state index in [0.29, 0.717) is 18.4 Å². The van der Waals surface area contributed by atoms with Crippen LogP contribution in [0, 0.1) is 0 Å². The molecule has 0 bridgehead atoms. The summed E-state index contributed by atoms with van der Waals surface area (Å²) < 4.78 is 4.45. The standard InChI is InChI=1S/C16H18N2O4/c1-18-13-10-12(6-5-11(13)7-8-14(18)19)16(21)17-9-3-4-15(20)22-2/h3-6,10H,7-9H2,1-2H3,(H,17,21)/b4-3+. The van der Waals surface area contributed by atoms with Crippen molar-refractivity contribution in [2.75, 3.05) is 25.6 Å². The minimum absolute atomic E-state index is 0.0473. The van der Waals surface area contributed by atoms with Crippen LogP contribution in [0.5, 0.6) is 0 Å². The topological polar surface area (TPSA) is 75.7 Å². The predicted octanol–water partition coefficient (Wildman–Crippen LogP) is 1.05. The van der Waals surface area contributed by atoms with Gasteiger partial charge in [-0.3, -0.25) is 9.59 Å². The first-order chi connectivity index (χ1) is 10.5. The zero-order valence-electron chi connectivity index (χ0n) is 12.6. The zero-order chi connectivity index (χ0) is 16.1. The van der Waals surface area contributed by atoms with E-state index >= 15 is 0 Å². The summed E-state index contributed by atoms with van der Waals surface area (Å²) in [5, 5.41) is 2.67. The van der Waals surface area contributed by atoms with Crippen LogP contribution in [0.1, 0.15) is 22.3 Å². The summed E-state index contributed by atoms with van der Waals surface area (Å²) in [4.78, 5) is 36.3. The second-order valence-corrected chi connectivity index (χ2v) is 4.93. The van der Waals surface area contributed by atoms with Gasteiger partial charge in [0.2, 0.25) is 5.91 Å². The first kappa shape index (κ1) is 15.8. The Hall–Kier alpha value is -2.63. The Morgan fingerprint density at radius 3 is 2.86 bits per heavy atom. The Balaban J connectivity index is 2.04. The van der Waals surface area contributed by atoms with Gasteiger partial charge in [-0.25, -0.2) is 4.79 Å². The van der Waals surface area contributed by atoms with Crippen LogP contribution in [0.15, 0.2) is 30.4 Å². The van der Waals surface area contributed by atoms with Crippen LogP contribution in [-0.2, 0) is 20.7 Å². The fourth-order valence-corrected chi connectivity index (χ4v) is 2.25. The van der Waals surface area contributed by atoms with Gasteiger partial charge >= 0.3 is 5.97 Å². The van der Waals surface area contributed by atoms with Crippen molar-refractivity contribution in [2.45, 2.75) is 12.8 Å². The Morgan fingerprint density at radius 1 is 1.36 bits per heavy atom. The smallest absolute Gasteiger partial charge is 0.330 e. The van der Waals surface area contributed by atoms with Gasteiger partial charge in [0.1, 0.15) is 0 Å². The Morgan fingerprint density at radius 2 is 2.14 bits per heavy atom. The number of methoxy groups -OCH3 is 1. The summed E-state index contributed by atoms with van der Waals surface area (Å²) >= 11 is 0. The second-order valence-electron chi connectivity index (χ2n) is 4.93. The molecule has 1 aromatic carbocycles. The molecule has 0 saturated carbocycles. The largest absolute Gasteiger partial charge is 0.466 e. The van der Waals surface area contributed by atoms with Gasteiger partial charge in [-0.15, -0.1) is 0 Å². The van der Waals surface area contributed by atoms with Crippen LogP contribution in [0.2, 0.25) is 0 Å². The molecule has 1 aromatic rings. The number of rotatable bonds is 4. The van der Waals surface area contributed by atoms with Crippen molar-refractivity contribution in [1.82, 2.24) is 5.32 Å². The van der Waals surface area contributed by atoms with Gasteiger partial charge in [0.05, 0.1) is 7.11 Å². The Labute approximate surface area is 128 Å². The molecule has 2 amide bonds. The SMILES string of the molecule is COC(=O)/C=C/CNC(=O)c1ccc2c(c1)N(C)C(=O)CC2. The second kappa shape index (κ2) is 6.89. The minimum atomic E-state index is -0.469. The number of benzene rings is 1. The Bertz CT molecular complexity index is 637. The highest BCUT2D eigenvalue weighted by atomic mass is 16.5. The lowest BCUT2D eigenvalue weighted by atomic mass is 9.99. The molecule has 0 unspecified atom stereocenters. The lowest BCUT2D eigenvalue weighted by Gasteiger charge is -2.26. The fourth-order valence-electron chi connectivity index (χ4n) is 2.25. The van der Waals surface area contributed by atoms with Gasteiger partial charge in [0.25, 0.3) is 5.91 Å². The lowest BCUT2D eigenvalue weighted by molar-refractivity contribution is -0.134. The van der Waals surface area contributed by atoms with E-state index in [4.69, 9.17) is 0 Å². The molecule has 0 spiro atoms. The van der Waals surface area contributed by atoms with Crippen LogP contribution in [0.25, 0.3) is 0 Å². The van der Waals surface area contributed by atoms with E-state index in [2.05, 4.69) is 10.1 Å². The molecule has 0 saturated heterocycles. The lowest BCUT2D eigenvalue weighted by Crippen LogP contribution is -2.31. The van der Waals surface area contributed by atoms with Crippen molar-refractivity contribution in [3.63, 3.8) is 0 Å². The Kier molecular flexibility index (Phi) is 4.93. The van der Waals surface area contributed by atoms with Gasteiger partial charge in [0, 0.05) is 37.3 Å². The third-order valence-electron chi connectivity index (χ3n) is 3.53. The normalized spacial score (nSPS) is 13.9. The number of nitrogens with zero attached hydrogens (tertiary/aromatic N) is 1. The molecule has 0 atom stereocenters. The number of carbonyl (C=O) groups excluding carboxylic acids is 3. The van der Waals surface area contributed by atoms with Crippen LogP contribution in [0.4, 0.5) is 5.69 Å². The highest BCUT2D eigenvalue weighted by Crippen LogP contribution is 2.27. The fraction of sp³-hybridized carbons (Fsp3) is 0.312. The monoisotopic (exact) mass is 302 g/mol. The van der Waals surface area contributed by atoms with Crippen LogP contribution >= 0.6 is 0 Å². The number of esters is 1. The van der Waals surface area contributed by atoms with E-state index < -0.39 is 5.97 Å². The molecule has 1 N–H and O–H groups in total. The summed E-state index contributed by atoms with van der Waals surface area (Å²) in [6.07, 6.45) is 3.95. The van der Waals surface area contributed by atoms with Crippen molar-refractivity contribution < 1.29 is 19.1 Å². The molecule has 22 heavy (non-hydrogen) atoms. The highest BCUT2D eigenvalue weighted by molar-refractivity contribution is 6.00. The minimum Gasteiger partial charge on any atom is -0.466 e. The number of nitrogens with one attached hydrogen (secondary N) is 1. The first-order valence-electron chi connectivity index (χ1n) is 6.95. The number of ether oxygens (including phenoxy) is 1. The van der Waals surface area contributed by atoms with Crippen molar-refractivity contribution in [2.24, 2.45) is 0 Å². The highest BCUT2D eigenvalue weighted by Gasteiger charge is 2.21. The quantitative estimate of drug-likeness (QED) is 0.666. The summed E-state index contributed by atoms with van der Waals surface area (Å²) in [7, 11) is 3.00. The number of aryl methyl sites for hydroxylation is 1. The zero-order valence-corrected chi connectivity index (χ0v) is 12.6. The van der Waals surface area contributed by atoms with Gasteiger partial charge in [-0.2, -0.15) is 0 Å². The van der Waals surface area contributed by atoms with Gasteiger partial charge < -0.3 is 15.0 Å². The van der Waals surface area contributed by atoms with Crippen LogP contribution in [0.3, 0.4) is 0 Å². The van der Waals surface area contributed by atoms with Gasteiger partial charge in [-0.1, -0.05) is 12.1 Å². The van der Waals surface area contributed by atoms with Gasteiger partial charge in [0.15, 0.2) is 0 Å². The molecule has 116 valence electrons. The maximum atomic E-state index is 12.1. The third-order valence-corrected chi connectivity index (χ3v) is 3.53. The van der Waals surface area contributed by atoms with Crippen molar-refractivity contribution in [3.8, 4) is 0 Å². The molecule has 1 heterocycles. The maximum absolute atomic E-state index is 12.1. The average Bonchev–Trinajstić information content (AvgIpc) is 2.54. The van der Waals surface area contributed by atoms with Crippen molar-refractivity contribution in [3.05, 3.63) is 41.5 Å². The summed E-state index contributed by atoms with van der Waals surface area (Å²) in [6, 6.07) is 5.32. The molecule has 0 aromatic heterocycles. The third kappa shape index (κ3) is 3.52. The molecule has 0 aliphatic carbocycles. The van der Waals surface area contributed by atoms with E-state index in [1.165, 1.54) is 19.3 Å². The van der Waals surface area contributed by atoms with E-state index in [9.17, 15) is 14.4 Å². The summed E-state index contributed by atoms with van der Waals surface area (Å²) in [5.41, 5.74) is 2.31. The summed E-state index contributed by atoms with van der Waals surface area (Å²) in [5.74, 6) is -0.682. The number of fused-ring (bicyclic) bond motifs is 1. The molecular weight excluding hydrogens is 284 g/mol. The van der Waals surface area contributed by atoms with Gasteiger partial charge in [-0.05, 0) is 24.1 Å². The van der Waals surface area contributed by atoms with E-state index in [0.717, 1.165) is 11.3 Å². The average molecular weight is 302 g/mol. The predicted molar refractivity (Wildman–Crippen MR) is 81.7 cm³/mol. The number of amides is 2. The van der Waals surface area contributed by atoms with E-state index in [1.807, 2.05) is 6.07 Å². The molecule has 0 fully saturated rings. The molecule has 6 heteroatoms. The molecule has 6 nitrogen and oxygen atoms in total. The number of carbonyl (C=O) groups is 3. The van der Waals surface area contributed by atoms with Crippen LogP contribution in [-0.4, -0.2) is 38.5 Å². The molecule has 2 rings (SSSR count).